The van der Waals surface area contributed by atoms with E-state index in [4.69, 9.17) is 23.2 Å². The maximum Gasteiger partial charge on any atom is 0.232 e. The number of H-pyrrole nitrogens is 1. The zero-order valence-corrected chi connectivity index (χ0v) is 17.1. The Morgan fingerprint density at radius 3 is 2.86 bits per heavy atom. The quantitative estimate of drug-likeness (QED) is 0.407. The Morgan fingerprint density at radius 2 is 2.14 bits per heavy atom. The molecule has 1 amide bonds. The fourth-order valence-electron chi connectivity index (χ4n) is 3.40. The van der Waals surface area contributed by atoms with Gasteiger partial charge in [-0.2, -0.15) is 5.10 Å². The van der Waals surface area contributed by atoms with Gasteiger partial charge in [0.25, 0.3) is 0 Å². The van der Waals surface area contributed by atoms with Crippen LogP contribution in [0.15, 0.2) is 18.2 Å². The van der Waals surface area contributed by atoms with Gasteiger partial charge in [-0.15, -0.1) is 0 Å². The van der Waals surface area contributed by atoms with Crippen LogP contribution in [0.5, 0.6) is 0 Å². The van der Waals surface area contributed by atoms with Crippen molar-refractivity contribution in [2.24, 2.45) is 5.92 Å². The molecule has 2 atom stereocenters. The van der Waals surface area contributed by atoms with E-state index in [-0.39, 0.29) is 28.0 Å². The second-order valence-electron chi connectivity index (χ2n) is 6.94. The van der Waals surface area contributed by atoms with Crippen molar-refractivity contribution in [3.05, 3.63) is 39.8 Å². The van der Waals surface area contributed by atoms with E-state index in [1.807, 2.05) is 6.07 Å². The van der Waals surface area contributed by atoms with Crippen LogP contribution < -0.4 is 5.32 Å². The Kier molecular flexibility index (Phi) is 4.27. The van der Waals surface area contributed by atoms with Crippen molar-refractivity contribution in [1.29, 1.82) is 0 Å². The molecule has 2 aromatic carbocycles. The Labute approximate surface area is 177 Å². The van der Waals surface area contributed by atoms with Gasteiger partial charge in [0.15, 0.2) is 5.13 Å². The molecule has 2 heterocycles. The summed E-state index contributed by atoms with van der Waals surface area (Å²) >= 11 is 13.6. The van der Waals surface area contributed by atoms with Gasteiger partial charge in [0, 0.05) is 10.9 Å². The Morgan fingerprint density at radius 1 is 1.38 bits per heavy atom. The second kappa shape index (κ2) is 6.62. The first kappa shape index (κ1) is 18.7. The molecular weight excluding hydrogens is 441 g/mol. The van der Waals surface area contributed by atoms with Crippen LogP contribution in [0.1, 0.15) is 12.0 Å². The number of fused-ring (bicyclic) bond motifs is 2. The molecule has 2 aromatic heterocycles. The number of thiazole rings is 1. The number of nitrogens with zero attached hydrogens (tertiary/aromatic N) is 2. The molecule has 1 saturated carbocycles. The fraction of sp³-hybridized carbons (Fsp3) is 0.211. The van der Waals surface area contributed by atoms with Crippen molar-refractivity contribution < 1.29 is 13.6 Å². The normalized spacial score (nSPS) is 18.5. The van der Waals surface area contributed by atoms with Gasteiger partial charge in [-0.05, 0) is 36.6 Å². The summed E-state index contributed by atoms with van der Waals surface area (Å²) in [5.74, 6) is -1.51. The lowest BCUT2D eigenvalue weighted by Crippen LogP contribution is -2.14. The Hall–Kier alpha value is -2.29. The van der Waals surface area contributed by atoms with Crippen molar-refractivity contribution in [2.75, 3.05) is 5.32 Å². The molecule has 0 radical (unpaired) electrons. The zero-order chi connectivity index (χ0) is 20.4. The van der Waals surface area contributed by atoms with Crippen molar-refractivity contribution >= 4 is 66.7 Å². The number of anilines is 1. The van der Waals surface area contributed by atoms with E-state index < -0.39 is 17.9 Å². The number of carbonyl (C=O) groups excluding carboxylic acids is 1. The highest BCUT2D eigenvalue weighted by Gasteiger charge is 2.43. The smallest absolute Gasteiger partial charge is 0.232 e. The molecule has 2 N–H and O–H groups in total. The third-order valence-electron chi connectivity index (χ3n) is 5.03. The first-order valence-electron chi connectivity index (χ1n) is 8.72. The number of amides is 1. The summed E-state index contributed by atoms with van der Waals surface area (Å²) in [6.07, 6.45) is -0.815. The molecule has 5 nitrogen and oxygen atoms in total. The predicted octanol–water partition coefficient (Wildman–Crippen LogP) is 5.89. The van der Waals surface area contributed by atoms with Crippen molar-refractivity contribution in [3.8, 4) is 11.1 Å². The summed E-state index contributed by atoms with van der Waals surface area (Å²) in [4.78, 5) is 16.3. The zero-order valence-electron chi connectivity index (χ0n) is 14.8. The number of hydrogen-bond donors (Lipinski definition) is 2. The van der Waals surface area contributed by atoms with E-state index in [2.05, 4.69) is 20.5 Å². The number of nitrogens with one attached hydrogen (secondary N) is 2. The lowest BCUT2D eigenvalue weighted by Gasteiger charge is -2.11. The standard InChI is InChI=1S/C19H12Cl2F2N4OS/c1-6-12(13-16(14(20)15(6)23)26-27-17(13)21)7-2-3-10-11(4-7)29-19(24-10)25-18(28)8-5-9(8)22/h2-4,8-9H,5H2,1H3,(H,26,27)(H,24,25,28)/t8-,9+/m1/s1. The number of benzene rings is 2. The van der Waals surface area contributed by atoms with Gasteiger partial charge in [-0.1, -0.05) is 40.6 Å². The SMILES string of the molecule is Cc1c(F)c(Cl)c2n[nH]c(Cl)c2c1-c1ccc2nc(NC(=O)[C@@H]3C[C@@H]3F)sc2c1. The van der Waals surface area contributed by atoms with Crippen molar-refractivity contribution in [1.82, 2.24) is 15.2 Å². The van der Waals surface area contributed by atoms with Crippen molar-refractivity contribution in [2.45, 2.75) is 19.5 Å². The number of rotatable bonds is 3. The molecular formula is C19H12Cl2F2N4OS. The predicted molar refractivity (Wildman–Crippen MR) is 111 cm³/mol. The molecule has 1 fully saturated rings. The van der Waals surface area contributed by atoms with Crippen LogP contribution in [0, 0.1) is 18.7 Å². The minimum absolute atomic E-state index is 0.0838. The van der Waals surface area contributed by atoms with Crippen LogP contribution in [0.25, 0.3) is 32.2 Å². The average molecular weight is 453 g/mol. The van der Waals surface area contributed by atoms with Crippen LogP contribution in [0.4, 0.5) is 13.9 Å². The van der Waals surface area contributed by atoms with Gasteiger partial charge in [0.2, 0.25) is 5.91 Å². The van der Waals surface area contributed by atoms with E-state index in [0.29, 0.717) is 32.7 Å². The molecule has 1 aliphatic carbocycles. The highest BCUT2D eigenvalue weighted by Crippen LogP contribution is 2.42. The summed E-state index contributed by atoms with van der Waals surface area (Å²) in [6, 6.07) is 5.42. The molecule has 0 saturated heterocycles. The summed E-state index contributed by atoms with van der Waals surface area (Å²) in [5.41, 5.74) is 2.58. The van der Waals surface area contributed by atoms with E-state index in [0.717, 1.165) is 4.70 Å². The van der Waals surface area contributed by atoms with Crippen molar-refractivity contribution in [3.63, 3.8) is 0 Å². The third-order valence-corrected chi connectivity index (χ3v) is 6.59. The number of aromatic amines is 1. The van der Waals surface area contributed by atoms with Gasteiger partial charge in [-0.25, -0.2) is 13.8 Å². The highest BCUT2D eigenvalue weighted by atomic mass is 35.5. The molecule has 0 unspecified atom stereocenters. The lowest BCUT2D eigenvalue weighted by atomic mass is 9.96. The highest BCUT2D eigenvalue weighted by molar-refractivity contribution is 7.22. The number of aromatic nitrogens is 3. The molecule has 1 aliphatic rings. The minimum Gasteiger partial charge on any atom is -0.302 e. The topological polar surface area (TPSA) is 70.7 Å². The first-order chi connectivity index (χ1) is 13.8. The summed E-state index contributed by atoms with van der Waals surface area (Å²) < 4.78 is 28.5. The number of carbonyl (C=O) groups is 1. The molecule has 10 heteroatoms. The Balaban J connectivity index is 1.61. The molecule has 5 rings (SSSR count). The van der Waals surface area contributed by atoms with Crippen LogP contribution in [0.3, 0.4) is 0 Å². The minimum atomic E-state index is -1.07. The fourth-order valence-corrected chi connectivity index (χ4v) is 4.81. The van der Waals surface area contributed by atoms with Gasteiger partial charge >= 0.3 is 0 Å². The molecule has 29 heavy (non-hydrogen) atoms. The summed E-state index contributed by atoms with van der Waals surface area (Å²) in [7, 11) is 0. The van der Waals surface area contributed by atoms with Crippen LogP contribution in [0.2, 0.25) is 10.2 Å². The molecule has 0 spiro atoms. The maximum absolute atomic E-state index is 14.7. The van der Waals surface area contributed by atoms with E-state index in [1.165, 1.54) is 11.3 Å². The Bertz CT molecular complexity index is 1320. The van der Waals surface area contributed by atoms with Crippen LogP contribution in [-0.2, 0) is 4.79 Å². The molecule has 0 aliphatic heterocycles. The van der Waals surface area contributed by atoms with Crippen LogP contribution in [-0.4, -0.2) is 27.3 Å². The number of halogens is 4. The second-order valence-corrected chi connectivity index (χ2v) is 8.72. The lowest BCUT2D eigenvalue weighted by molar-refractivity contribution is -0.117. The summed E-state index contributed by atoms with van der Waals surface area (Å²) in [6.45, 7) is 1.63. The number of hydrogen-bond acceptors (Lipinski definition) is 4. The molecule has 148 valence electrons. The van der Waals surface area contributed by atoms with E-state index in [9.17, 15) is 13.6 Å². The maximum atomic E-state index is 14.7. The first-order valence-corrected chi connectivity index (χ1v) is 10.3. The van der Waals surface area contributed by atoms with Gasteiger partial charge in [0.1, 0.15) is 27.7 Å². The third kappa shape index (κ3) is 2.97. The van der Waals surface area contributed by atoms with E-state index >= 15 is 0 Å². The van der Waals surface area contributed by atoms with Gasteiger partial charge < -0.3 is 5.32 Å². The van der Waals surface area contributed by atoms with Gasteiger partial charge in [-0.3, -0.25) is 9.89 Å². The molecule has 0 bridgehead atoms. The van der Waals surface area contributed by atoms with Crippen LogP contribution >= 0.6 is 34.5 Å². The molecule has 4 aromatic rings. The van der Waals surface area contributed by atoms with Gasteiger partial charge in [0.05, 0.1) is 16.1 Å². The van der Waals surface area contributed by atoms with E-state index in [1.54, 1.807) is 19.1 Å². The average Bonchev–Trinajstić information content (AvgIpc) is 3.11. The summed E-state index contributed by atoms with van der Waals surface area (Å²) in [5, 5.41) is 10.4. The number of alkyl halides is 1. The largest absolute Gasteiger partial charge is 0.302 e. The monoisotopic (exact) mass is 452 g/mol.